The Hall–Kier alpha value is -2.56. The monoisotopic (exact) mass is 301 g/mol. The number of phenolic OH excluding ortho intramolecular Hbond substituents is 1. The van der Waals surface area contributed by atoms with E-state index in [0.29, 0.717) is 12.3 Å². The van der Waals surface area contributed by atoms with Crippen molar-refractivity contribution in [2.45, 2.75) is 12.5 Å². The van der Waals surface area contributed by atoms with Gasteiger partial charge in [0, 0.05) is 12.5 Å². The SMILES string of the molecule is COc1ccc(CC2CNc3cc(O)ccc3O2)cc1OC. The molecule has 22 heavy (non-hydrogen) atoms. The highest BCUT2D eigenvalue weighted by Crippen LogP contribution is 2.33. The van der Waals surface area contributed by atoms with Gasteiger partial charge < -0.3 is 24.6 Å². The molecule has 116 valence electrons. The van der Waals surface area contributed by atoms with Crippen LogP contribution in [-0.2, 0) is 6.42 Å². The van der Waals surface area contributed by atoms with Crippen LogP contribution < -0.4 is 19.5 Å². The quantitative estimate of drug-likeness (QED) is 0.909. The van der Waals surface area contributed by atoms with Gasteiger partial charge in [0.2, 0.25) is 0 Å². The summed E-state index contributed by atoms with van der Waals surface area (Å²) in [6, 6.07) is 10.9. The highest BCUT2D eigenvalue weighted by atomic mass is 16.5. The Labute approximate surface area is 129 Å². The van der Waals surface area contributed by atoms with Gasteiger partial charge in [0.25, 0.3) is 0 Å². The average Bonchev–Trinajstić information content (AvgIpc) is 2.55. The van der Waals surface area contributed by atoms with Gasteiger partial charge in [-0.1, -0.05) is 6.07 Å². The van der Waals surface area contributed by atoms with Gasteiger partial charge in [-0.2, -0.15) is 0 Å². The van der Waals surface area contributed by atoms with Crippen molar-refractivity contribution in [3.8, 4) is 23.0 Å². The first kappa shape index (κ1) is 14.4. The molecule has 0 bridgehead atoms. The summed E-state index contributed by atoms with van der Waals surface area (Å²) in [5.41, 5.74) is 1.94. The van der Waals surface area contributed by atoms with Crippen molar-refractivity contribution in [3.05, 3.63) is 42.0 Å². The van der Waals surface area contributed by atoms with Gasteiger partial charge in [0.05, 0.1) is 26.5 Å². The van der Waals surface area contributed by atoms with Gasteiger partial charge in [0.1, 0.15) is 17.6 Å². The summed E-state index contributed by atoms with van der Waals surface area (Å²) in [7, 11) is 3.25. The smallest absolute Gasteiger partial charge is 0.160 e. The fourth-order valence-corrected chi connectivity index (χ4v) is 2.59. The first-order valence-electron chi connectivity index (χ1n) is 7.14. The Morgan fingerprint density at radius 3 is 2.73 bits per heavy atom. The summed E-state index contributed by atoms with van der Waals surface area (Å²) in [4.78, 5) is 0. The van der Waals surface area contributed by atoms with E-state index in [1.165, 1.54) is 0 Å². The lowest BCUT2D eigenvalue weighted by Crippen LogP contribution is -2.32. The Morgan fingerprint density at radius 2 is 1.95 bits per heavy atom. The lowest BCUT2D eigenvalue weighted by Gasteiger charge is -2.27. The summed E-state index contributed by atoms with van der Waals surface area (Å²) in [6.07, 6.45) is 0.781. The molecule has 0 amide bonds. The molecule has 1 unspecified atom stereocenters. The first-order valence-corrected chi connectivity index (χ1v) is 7.14. The highest BCUT2D eigenvalue weighted by molar-refractivity contribution is 5.61. The molecule has 0 saturated heterocycles. The van der Waals surface area contributed by atoms with Crippen LogP contribution in [0.2, 0.25) is 0 Å². The summed E-state index contributed by atoms with van der Waals surface area (Å²) < 4.78 is 16.5. The first-order chi connectivity index (χ1) is 10.7. The maximum absolute atomic E-state index is 9.48. The normalized spacial score (nSPS) is 16.2. The number of hydrogen-bond donors (Lipinski definition) is 2. The second-order valence-corrected chi connectivity index (χ2v) is 5.19. The van der Waals surface area contributed by atoms with Gasteiger partial charge in [-0.15, -0.1) is 0 Å². The van der Waals surface area contributed by atoms with Crippen LogP contribution in [0.5, 0.6) is 23.0 Å². The molecule has 0 aliphatic carbocycles. The molecular formula is C17H19NO4. The summed E-state index contributed by atoms with van der Waals surface area (Å²) in [6.45, 7) is 0.685. The summed E-state index contributed by atoms with van der Waals surface area (Å²) in [5.74, 6) is 2.42. The molecule has 5 nitrogen and oxygen atoms in total. The van der Waals surface area contributed by atoms with E-state index in [1.54, 1.807) is 32.4 Å². The maximum Gasteiger partial charge on any atom is 0.160 e. The lowest BCUT2D eigenvalue weighted by atomic mass is 10.1. The van der Waals surface area contributed by atoms with Crippen LogP contribution >= 0.6 is 0 Å². The van der Waals surface area contributed by atoms with Crippen molar-refractivity contribution in [1.82, 2.24) is 0 Å². The molecule has 0 fully saturated rings. The third-order valence-corrected chi connectivity index (χ3v) is 3.69. The third kappa shape index (κ3) is 2.88. The van der Waals surface area contributed by atoms with Crippen LogP contribution in [-0.4, -0.2) is 32.0 Å². The van der Waals surface area contributed by atoms with Gasteiger partial charge in [-0.3, -0.25) is 0 Å². The fourth-order valence-electron chi connectivity index (χ4n) is 2.59. The number of nitrogens with one attached hydrogen (secondary N) is 1. The van der Waals surface area contributed by atoms with E-state index in [1.807, 2.05) is 18.2 Å². The maximum atomic E-state index is 9.48. The van der Waals surface area contributed by atoms with Crippen LogP contribution in [0.3, 0.4) is 0 Å². The molecule has 1 aliphatic rings. The minimum absolute atomic E-state index is 0.0233. The molecule has 1 heterocycles. The van der Waals surface area contributed by atoms with Crippen molar-refractivity contribution < 1.29 is 19.3 Å². The third-order valence-electron chi connectivity index (χ3n) is 3.69. The zero-order valence-electron chi connectivity index (χ0n) is 12.6. The molecule has 2 aromatic rings. The van der Waals surface area contributed by atoms with Crippen molar-refractivity contribution in [2.75, 3.05) is 26.1 Å². The second kappa shape index (κ2) is 6.05. The Balaban J connectivity index is 1.73. The van der Waals surface area contributed by atoms with Crippen molar-refractivity contribution in [3.63, 3.8) is 0 Å². The van der Waals surface area contributed by atoms with Crippen molar-refractivity contribution in [2.24, 2.45) is 0 Å². The second-order valence-electron chi connectivity index (χ2n) is 5.19. The van der Waals surface area contributed by atoms with Crippen LogP contribution in [0.1, 0.15) is 5.56 Å². The standard InChI is InChI=1S/C17H19NO4/c1-20-16-5-3-11(8-17(16)21-2)7-13-10-18-14-9-12(19)4-6-15(14)22-13/h3-6,8-9,13,18-19H,7,10H2,1-2H3. The molecule has 3 rings (SSSR count). The highest BCUT2D eigenvalue weighted by Gasteiger charge is 2.20. The number of hydrogen-bond acceptors (Lipinski definition) is 5. The number of methoxy groups -OCH3 is 2. The average molecular weight is 301 g/mol. The van der Waals surface area contributed by atoms with Crippen molar-refractivity contribution >= 4 is 5.69 Å². The molecule has 1 aliphatic heterocycles. The number of anilines is 1. The Bertz CT molecular complexity index is 672. The molecular weight excluding hydrogens is 282 g/mol. The molecule has 0 radical (unpaired) electrons. The predicted molar refractivity (Wildman–Crippen MR) is 84.3 cm³/mol. The van der Waals surface area contributed by atoms with Crippen molar-refractivity contribution in [1.29, 1.82) is 0 Å². The van der Waals surface area contributed by atoms with Gasteiger partial charge in [0.15, 0.2) is 11.5 Å². The number of benzene rings is 2. The van der Waals surface area contributed by atoms with Crippen LogP contribution in [0, 0.1) is 0 Å². The molecule has 5 heteroatoms. The fraction of sp³-hybridized carbons (Fsp3) is 0.294. The molecule has 0 saturated carbocycles. The van der Waals surface area contributed by atoms with Crippen LogP contribution in [0.15, 0.2) is 36.4 Å². The summed E-state index contributed by atoms with van der Waals surface area (Å²) >= 11 is 0. The van der Waals surface area contributed by atoms with E-state index in [9.17, 15) is 5.11 Å². The summed E-state index contributed by atoms with van der Waals surface area (Å²) in [5, 5.41) is 12.8. The largest absolute Gasteiger partial charge is 0.508 e. The number of phenols is 1. The number of rotatable bonds is 4. The molecule has 0 aromatic heterocycles. The number of ether oxygens (including phenoxy) is 3. The lowest BCUT2D eigenvalue weighted by molar-refractivity contribution is 0.206. The molecule has 1 atom stereocenters. The van der Waals surface area contributed by atoms with E-state index in [2.05, 4.69) is 5.32 Å². The van der Waals surface area contributed by atoms with Gasteiger partial charge >= 0.3 is 0 Å². The number of fused-ring (bicyclic) bond motifs is 1. The van der Waals surface area contributed by atoms with E-state index in [0.717, 1.165) is 29.2 Å². The molecule has 2 N–H and O–H groups in total. The van der Waals surface area contributed by atoms with E-state index >= 15 is 0 Å². The Morgan fingerprint density at radius 1 is 1.14 bits per heavy atom. The van der Waals surface area contributed by atoms with Crippen LogP contribution in [0.25, 0.3) is 0 Å². The van der Waals surface area contributed by atoms with Gasteiger partial charge in [-0.05, 0) is 29.8 Å². The molecule has 0 spiro atoms. The molecule has 2 aromatic carbocycles. The van der Waals surface area contributed by atoms with E-state index in [4.69, 9.17) is 14.2 Å². The zero-order valence-corrected chi connectivity index (χ0v) is 12.6. The van der Waals surface area contributed by atoms with Gasteiger partial charge in [-0.25, -0.2) is 0 Å². The minimum Gasteiger partial charge on any atom is -0.508 e. The zero-order chi connectivity index (χ0) is 15.5. The van der Waals surface area contributed by atoms with E-state index in [-0.39, 0.29) is 11.9 Å². The van der Waals surface area contributed by atoms with E-state index < -0.39 is 0 Å². The Kier molecular flexibility index (Phi) is 3.96. The minimum atomic E-state index is 0.0233. The number of aromatic hydroxyl groups is 1. The topological polar surface area (TPSA) is 60.0 Å². The van der Waals surface area contributed by atoms with Crippen LogP contribution in [0.4, 0.5) is 5.69 Å². The predicted octanol–water partition coefficient (Wildman–Crippen LogP) is 2.83.